The molecule has 6 nitrogen and oxygen atoms in total. The van der Waals surface area contributed by atoms with E-state index in [1.165, 1.54) is 29.1 Å². The SMILES string of the molecule is Cc1ccc(/C=C/[C@H](NS(=O)(=O)c2ccccc2C)[C@H](O)C(=O)n2cccc2)cc1. The number of sulfonamides is 1. The second kappa shape index (κ2) is 9.21. The molecule has 3 aromatic rings. The first kappa shape index (κ1) is 21.7. The summed E-state index contributed by atoms with van der Waals surface area (Å²) in [5.41, 5.74) is 2.48. The first-order valence-electron chi connectivity index (χ1n) is 9.46. The van der Waals surface area contributed by atoms with Gasteiger partial charge in [0, 0.05) is 12.4 Å². The van der Waals surface area contributed by atoms with Gasteiger partial charge in [0.15, 0.2) is 6.10 Å². The van der Waals surface area contributed by atoms with Crippen molar-refractivity contribution in [2.45, 2.75) is 30.9 Å². The Bertz CT molecular complexity index is 1130. The second-order valence-corrected chi connectivity index (χ2v) is 8.74. The van der Waals surface area contributed by atoms with Crippen LogP contribution in [0, 0.1) is 13.8 Å². The Hall–Kier alpha value is -3.00. The smallest absolute Gasteiger partial charge is 0.261 e. The van der Waals surface area contributed by atoms with Crippen molar-refractivity contribution in [2.75, 3.05) is 0 Å². The number of hydrogen-bond acceptors (Lipinski definition) is 4. The second-order valence-electron chi connectivity index (χ2n) is 7.06. The van der Waals surface area contributed by atoms with Gasteiger partial charge in [0.25, 0.3) is 5.91 Å². The Labute approximate surface area is 176 Å². The van der Waals surface area contributed by atoms with Crippen molar-refractivity contribution >= 4 is 22.0 Å². The number of hydrogen-bond donors (Lipinski definition) is 2. The van der Waals surface area contributed by atoms with Crippen LogP contribution in [0.2, 0.25) is 0 Å². The van der Waals surface area contributed by atoms with Crippen molar-refractivity contribution in [1.29, 1.82) is 0 Å². The van der Waals surface area contributed by atoms with E-state index in [4.69, 9.17) is 0 Å². The molecule has 0 saturated carbocycles. The Kier molecular flexibility index (Phi) is 6.66. The molecule has 1 aromatic heterocycles. The highest BCUT2D eigenvalue weighted by atomic mass is 32.2. The fraction of sp³-hybridized carbons (Fsp3) is 0.174. The summed E-state index contributed by atoms with van der Waals surface area (Å²) in [5.74, 6) is -0.633. The molecular weight excluding hydrogens is 400 g/mol. The lowest BCUT2D eigenvalue weighted by Crippen LogP contribution is -2.47. The summed E-state index contributed by atoms with van der Waals surface area (Å²) in [5, 5.41) is 10.7. The number of benzene rings is 2. The van der Waals surface area contributed by atoms with Crippen molar-refractivity contribution in [3.8, 4) is 0 Å². The van der Waals surface area contributed by atoms with Crippen LogP contribution in [0.1, 0.15) is 21.5 Å². The highest BCUT2D eigenvalue weighted by Gasteiger charge is 2.30. The van der Waals surface area contributed by atoms with Crippen LogP contribution in [0.25, 0.3) is 6.08 Å². The molecule has 0 fully saturated rings. The number of nitrogens with zero attached hydrogens (tertiary/aromatic N) is 1. The number of aromatic nitrogens is 1. The maximum absolute atomic E-state index is 13.0. The van der Waals surface area contributed by atoms with E-state index in [9.17, 15) is 18.3 Å². The van der Waals surface area contributed by atoms with Crippen LogP contribution in [0.3, 0.4) is 0 Å². The van der Waals surface area contributed by atoms with Gasteiger partial charge in [-0.05, 0) is 43.2 Å². The molecule has 2 atom stereocenters. The van der Waals surface area contributed by atoms with Gasteiger partial charge >= 0.3 is 0 Å². The van der Waals surface area contributed by atoms with Gasteiger partial charge in [0.05, 0.1) is 10.9 Å². The maximum atomic E-state index is 13.0. The lowest BCUT2D eigenvalue weighted by Gasteiger charge is -2.21. The van der Waals surface area contributed by atoms with Gasteiger partial charge < -0.3 is 5.11 Å². The molecule has 2 N–H and O–H groups in total. The molecular formula is C23H24N2O4S. The molecule has 0 amide bonds. The predicted molar refractivity (Wildman–Crippen MR) is 117 cm³/mol. The minimum Gasteiger partial charge on any atom is -0.381 e. The van der Waals surface area contributed by atoms with E-state index in [1.54, 1.807) is 43.3 Å². The average Bonchev–Trinajstić information content (AvgIpc) is 3.26. The van der Waals surface area contributed by atoms with Crippen LogP contribution in [0.15, 0.2) is 84.0 Å². The lowest BCUT2D eigenvalue weighted by atomic mass is 10.1. The molecule has 0 unspecified atom stereocenters. The normalized spacial score (nSPS) is 14.0. The predicted octanol–water partition coefficient (Wildman–Crippen LogP) is 3.17. The van der Waals surface area contributed by atoms with Crippen LogP contribution in [0.5, 0.6) is 0 Å². The average molecular weight is 425 g/mol. The van der Waals surface area contributed by atoms with Crippen molar-refractivity contribution in [3.63, 3.8) is 0 Å². The van der Waals surface area contributed by atoms with Crippen molar-refractivity contribution in [1.82, 2.24) is 9.29 Å². The Morgan fingerprint density at radius 2 is 1.63 bits per heavy atom. The van der Waals surface area contributed by atoms with Crippen molar-refractivity contribution < 1.29 is 18.3 Å². The van der Waals surface area contributed by atoms with E-state index in [2.05, 4.69) is 4.72 Å². The third-order valence-corrected chi connectivity index (χ3v) is 6.32. The number of rotatable bonds is 7. The molecule has 2 aromatic carbocycles. The van der Waals surface area contributed by atoms with E-state index in [0.717, 1.165) is 11.1 Å². The molecule has 0 aliphatic carbocycles. The quantitative estimate of drug-likeness (QED) is 0.610. The summed E-state index contributed by atoms with van der Waals surface area (Å²) in [6, 6.07) is 16.3. The highest BCUT2D eigenvalue weighted by Crippen LogP contribution is 2.16. The Morgan fingerprint density at radius 1 is 1.00 bits per heavy atom. The maximum Gasteiger partial charge on any atom is 0.261 e. The number of nitrogens with one attached hydrogen (secondary N) is 1. The van der Waals surface area contributed by atoms with Crippen LogP contribution >= 0.6 is 0 Å². The number of carbonyl (C=O) groups excluding carboxylic acids is 1. The molecule has 0 spiro atoms. The zero-order chi connectivity index (χ0) is 21.7. The Morgan fingerprint density at radius 3 is 2.27 bits per heavy atom. The van der Waals surface area contributed by atoms with E-state index in [-0.39, 0.29) is 4.90 Å². The summed E-state index contributed by atoms with van der Waals surface area (Å²) >= 11 is 0. The highest BCUT2D eigenvalue weighted by molar-refractivity contribution is 7.89. The van der Waals surface area contributed by atoms with Gasteiger partial charge in [-0.15, -0.1) is 0 Å². The van der Waals surface area contributed by atoms with Gasteiger partial charge in [0.2, 0.25) is 10.0 Å². The van der Waals surface area contributed by atoms with Crippen LogP contribution in [0.4, 0.5) is 0 Å². The Balaban J connectivity index is 1.93. The fourth-order valence-corrected chi connectivity index (χ4v) is 4.43. The molecule has 0 radical (unpaired) electrons. The molecule has 3 rings (SSSR count). The molecule has 156 valence electrons. The molecule has 0 aliphatic heterocycles. The number of aliphatic hydroxyl groups is 1. The zero-order valence-corrected chi connectivity index (χ0v) is 17.6. The summed E-state index contributed by atoms with van der Waals surface area (Å²) in [7, 11) is -3.97. The monoisotopic (exact) mass is 424 g/mol. The van der Waals surface area contributed by atoms with E-state index >= 15 is 0 Å². The summed E-state index contributed by atoms with van der Waals surface area (Å²) in [6.07, 6.45) is 4.56. The van der Waals surface area contributed by atoms with E-state index in [0.29, 0.717) is 5.56 Å². The molecule has 0 aliphatic rings. The largest absolute Gasteiger partial charge is 0.381 e. The minimum absolute atomic E-state index is 0.0966. The van der Waals surface area contributed by atoms with Gasteiger partial charge in [-0.2, -0.15) is 0 Å². The first-order valence-corrected chi connectivity index (χ1v) is 10.9. The van der Waals surface area contributed by atoms with Gasteiger partial charge in [-0.25, -0.2) is 13.1 Å². The van der Waals surface area contributed by atoms with Crippen LogP contribution < -0.4 is 4.72 Å². The van der Waals surface area contributed by atoms with Crippen molar-refractivity contribution in [2.24, 2.45) is 0 Å². The molecule has 0 bridgehead atoms. The summed E-state index contributed by atoms with van der Waals surface area (Å²) in [6.45, 7) is 3.65. The minimum atomic E-state index is -3.97. The van der Waals surface area contributed by atoms with Gasteiger partial charge in [-0.1, -0.05) is 60.2 Å². The van der Waals surface area contributed by atoms with Crippen molar-refractivity contribution in [3.05, 3.63) is 95.8 Å². The zero-order valence-electron chi connectivity index (χ0n) is 16.8. The lowest BCUT2D eigenvalue weighted by molar-refractivity contribution is 0.0622. The van der Waals surface area contributed by atoms with E-state index in [1.807, 2.05) is 31.2 Å². The third-order valence-electron chi connectivity index (χ3n) is 4.70. The van der Waals surface area contributed by atoms with Crippen LogP contribution in [-0.4, -0.2) is 36.1 Å². The number of aliphatic hydroxyl groups excluding tert-OH is 1. The van der Waals surface area contributed by atoms with Crippen LogP contribution in [-0.2, 0) is 10.0 Å². The summed E-state index contributed by atoms with van der Waals surface area (Å²) in [4.78, 5) is 12.7. The fourth-order valence-electron chi connectivity index (χ4n) is 2.99. The molecule has 7 heteroatoms. The number of carbonyl (C=O) groups is 1. The molecule has 1 heterocycles. The molecule has 0 saturated heterocycles. The summed E-state index contributed by atoms with van der Waals surface area (Å²) < 4.78 is 29.6. The van der Waals surface area contributed by atoms with Gasteiger partial charge in [0.1, 0.15) is 0 Å². The molecule has 30 heavy (non-hydrogen) atoms. The van der Waals surface area contributed by atoms with E-state index < -0.39 is 28.1 Å². The topological polar surface area (TPSA) is 88.4 Å². The standard InChI is InChI=1S/C23H24N2O4S/c1-17-9-11-19(12-10-17)13-14-20(22(26)23(27)25-15-5-6-16-25)24-30(28,29)21-8-4-3-7-18(21)2/h3-16,20,22,24,26H,1-2H3/b14-13+/t20-,22-/m0/s1. The first-order chi connectivity index (χ1) is 14.3. The number of aryl methyl sites for hydroxylation is 2. The third kappa shape index (κ3) is 5.13. The van der Waals surface area contributed by atoms with Gasteiger partial charge in [-0.3, -0.25) is 9.36 Å².